The number of aliphatic hydroxyl groups excluding tert-OH is 1. The lowest BCUT2D eigenvalue weighted by molar-refractivity contribution is 0.0716. The molecule has 0 aliphatic heterocycles. The smallest absolute Gasteiger partial charge is 0.257 e. The van der Waals surface area contributed by atoms with Gasteiger partial charge in [-0.25, -0.2) is 0 Å². The number of carbonyl (C=O) groups is 1. The van der Waals surface area contributed by atoms with Gasteiger partial charge in [-0.05, 0) is 17.9 Å². The normalized spacial score (nSPS) is 10.8. The van der Waals surface area contributed by atoms with Crippen molar-refractivity contribution in [2.24, 2.45) is 0 Å². The van der Waals surface area contributed by atoms with Crippen LogP contribution in [0.3, 0.4) is 0 Å². The van der Waals surface area contributed by atoms with Crippen molar-refractivity contribution < 1.29 is 15.0 Å². The minimum absolute atomic E-state index is 0.0153. The largest absolute Gasteiger partial charge is 0.506 e. The second-order valence-electron chi connectivity index (χ2n) is 5.41. The zero-order valence-electron chi connectivity index (χ0n) is 13.0. The van der Waals surface area contributed by atoms with Crippen LogP contribution in [0.4, 0.5) is 0 Å². The Labute approximate surface area is 131 Å². The van der Waals surface area contributed by atoms with Crippen LogP contribution in [0, 0.1) is 0 Å². The molecule has 0 heterocycles. The Bertz CT molecular complexity index is 639. The summed E-state index contributed by atoms with van der Waals surface area (Å²) in [5, 5.41) is 21.1. The van der Waals surface area contributed by atoms with Gasteiger partial charge in [0.2, 0.25) is 0 Å². The number of phenolic OH excluding ortho intramolecular Hbond substituents is 1. The molecule has 0 aliphatic carbocycles. The van der Waals surface area contributed by atoms with E-state index in [-0.39, 0.29) is 24.8 Å². The molecular formula is C18H23NO3. The highest BCUT2D eigenvalue weighted by atomic mass is 16.3. The summed E-state index contributed by atoms with van der Waals surface area (Å²) in [6.07, 6.45) is 3.01. The molecule has 0 spiro atoms. The molecule has 118 valence electrons. The zero-order valence-corrected chi connectivity index (χ0v) is 13.0. The zero-order chi connectivity index (χ0) is 15.9. The predicted octanol–water partition coefficient (Wildman–Crippen LogP) is 3.17. The molecule has 1 amide bonds. The monoisotopic (exact) mass is 301 g/mol. The Kier molecular flexibility index (Phi) is 5.78. The summed E-state index contributed by atoms with van der Waals surface area (Å²) >= 11 is 0. The molecule has 0 aromatic heterocycles. The minimum atomic E-state index is -0.228. The van der Waals surface area contributed by atoms with Crippen molar-refractivity contribution >= 4 is 16.7 Å². The first-order valence-electron chi connectivity index (χ1n) is 7.80. The van der Waals surface area contributed by atoms with Gasteiger partial charge in [0.1, 0.15) is 5.75 Å². The fraction of sp³-hybridized carbons (Fsp3) is 0.389. The molecule has 2 N–H and O–H groups in total. The summed E-state index contributed by atoms with van der Waals surface area (Å²) in [4.78, 5) is 14.3. The SMILES string of the molecule is CCCCCN(CCO)C(=O)c1ccc2ccccc2c1O. The topological polar surface area (TPSA) is 60.8 Å². The lowest BCUT2D eigenvalue weighted by Crippen LogP contribution is -2.34. The van der Waals surface area contributed by atoms with E-state index in [0.29, 0.717) is 17.5 Å². The summed E-state index contributed by atoms with van der Waals surface area (Å²) in [6, 6.07) is 10.9. The molecular weight excluding hydrogens is 278 g/mol. The number of phenols is 1. The summed E-state index contributed by atoms with van der Waals surface area (Å²) in [5.41, 5.74) is 0.295. The molecule has 4 heteroatoms. The second-order valence-corrected chi connectivity index (χ2v) is 5.41. The van der Waals surface area contributed by atoms with Crippen LogP contribution >= 0.6 is 0 Å². The number of amides is 1. The predicted molar refractivity (Wildman–Crippen MR) is 88.1 cm³/mol. The molecule has 2 aromatic rings. The third-order valence-electron chi connectivity index (χ3n) is 3.82. The lowest BCUT2D eigenvalue weighted by atomic mass is 10.0. The molecule has 0 unspecified atom stereocenters. The van der Waals surface area contributed by atoms with Gasteiger partial charge in [-0.3, -0.25) is 4.79 Å². The van der Waals surface area contributed by atoms with Crippen LogP contribution in [0.15, 0.2) is 36.4 Å². The lowest BCUT2D eigenvalue weighted by Gasteiger charge is -2.22. The molecule has 0 radical (unpaired) electrons. The van der Waals surface area contributed by atoms with E-state index in [9.17, 15) is 15.0 Å². The molecule has 0 saturated heterocycles. The quantitative estimate of drug-likeness (QED) is 0.772. The Hall–Kier alpha value is -2.07. The summed E-state index contributed by atoms with van der Waals surface area (Å²) < 4.78 is 0. The Morgan fingerprint density at radius 2 is 1.86 bits per heavy atom. The fourth-order valence-corrected chi connectivity index (χ4v) is 2.59. The number of rotatable bonds is 7. The first kappa shape index (κ1) is 16.3. The standard InChI is InChI=1S/C18H23NO3/c1-2-3-6-11-19(12-13-20)18(22)16-10-9-14-7-4-5-8-15(14)17(16)21/h4-5,7-10,20-21H,2-3,6,11-13H2,1H3. The average molecular weight is 301 g/mol. The number of hydrogen-bond acceptors (Lipinski definition) is 3. The van der Waals surface area contributed by atoms with E-state index in [0.717, 1.165) is 24.6 Å². The maximum absolute atomic E-state index is 12.6. The van der Waals surface area contributed by atoms with Crippen LogP contribution in [0.2, 0.25) is 0 Å². The van der Waals surface area contributed by atoms with Gasteiger partial charge in [-0.15, -0.1) is 0 Å². The molecule has 0 aliphatic rings. The number of aromatic hydroxyl groups is 1. The molecule has 0 fully saturated rings. The van der Waals surface area contributed by atoms with Crippen molar-refractivity contribution in [3.05, 3.63) is 42.0 Å². The summed E-state index contributed by atoms with van der Waals surface area (Å²) in [7, 11) is 0. The molecule has 2 aromatic carbocycles. The van der Waals surface area contributed by atoms with E-state index in [1.807, 2.05) is 24.3 Å². The van der Waals surface area contributed by atoms with E-state index >= 15 is 0 Å². The highest BCUT2D eigenvalue weighted by Crippen LogP contribution is 2.29. The number of fused-ring (bicyclic) bond motifs is 1. The first-order chi connectivity index (χ1) is 10.7. The maximum Gasteiger partial charge on any atom is 0.257 e. The number of benzene rings is 2. The maximum atomic E-state index is 12.6. The van der Waals surface area contributed by atoms with Gasteiger partial charge < -0.3 is 15.1 Å². The highest BCUT2D eigenvalue weighted by molar-refractivity contribution is 6.03. The van der Waals surface area contributed by atoms with Crippen LogP contribution in [-0.2, 0) is 0 Å². The van der Waals surface area contributed by atoms with Crippen LogP contribution in [-0.4, -0.2) is 40.7 Å². The van der Waals surface area contributed by atoms with E-state index in [1.165, 1.54) is 0 Å². The third kappa shape index (κ3) is 3.57. The molecule has 0 saturated carbocycles. The van der Waals surface area contributed by atoms with Gasteiger partial charge in [-0.1, -0.05) is 50.1 Å². The van der Waals surface area contributed by atoms with Gasteiger partial charge >= 0.3 is 0 Å². The molecule has 22 heavy (non-hydrogen) atoms. The number of carbonyl (C=O) groups excluding carboxylic acids is 1. The molecule has 0 bridgehead atoms. The first-order valence-corrected chi connectivity index (χ1v) is 7.80. The van der Waals surface area contributed by atoms with Crippen LogP contribution in [0.5, 0.6) is 5.75 Å². The van der Waals surface area contributed by atoms with Gasteiger partial charge in [0.25, 0.3) is 5.91 Å². The highest BCUT2D eigenvalue weighted by Gasteiger charge is 2.19. The third-order valence-corrected chi connectivity index (χ3v) is 3.82. The Balaban J connectivity index is 2.27. The van der Waals surface area contributed by atoms with Crippen molar-refractivity contribution in [1.82, 2.24) is 4.90 Å². The van der Waals surface area contributed by atoms with Gasteiger partial charge in [0.05, 0.1) is 12.2 Å². The summed E-state index contributed by atoms with van der Waals surface area (Å²) in [5.74, 6) is -0.213. The van der Waals surface area contributed by atoms with E-state index in [2.05, 4.69) is 6.92 Å². The van der Waals surface area contributed by atoms with Gasteiger partial charge in [-0.2, -0.15) is 0 Å². The molecule has 4 nitrogen and oxygen atoms in total. The van der Waals surface area contributed by atoms with Crippen molar-refractivity contribution in [3.63, 3.8) is 0 Å². The number of nitrogens with zero attached hydrogens (tertiary/aromatic N) is 1. The van der Waals surface area contributed by atoms with Crippen molar-refractivity contribution in [2.75, 3.05) is 19.7 Å². The van der Waals surface area contributed by atoms with Crippen LogP contribution < -0.4 is 0 Å². The average Bonchev–Trinajstić information content (AvgIpc) is 2.54. The summed E-state index contributed by atoms with van der Waals surface area (Å²) in [6.45, 7) is 2.91. The second kappa shape index (κ2) is 7.80. The van der Waals surface area contributed by atoms with Crippen molar-refractivity contribution in [2.45, 2.75) is 26.2 Å². The Morgan fingerprint density at radius 3 is 2.59 bits per heavy atom. The van der Waals surface area contributed by atoms with Crippen LogP contribution in [0.1, 0.15) is 36.5 Å². The fourth-order valence-electron chi connectivity index (χ4n) is 2.59. The number of unbranched alkanes of at least 4 members (excludes halogenated alkanes) is 2. The number of aliphatic hydroxyl groups is 1. The van der Waals surface area contributed by atoms with Crippen LogP contribution in [0.25, 0.3) is 10.8 Å². The minimum Gasteiger partial charge on any atom is -0.506 e. The van der Waals surface area contributed by atoms with Gasteiger partial charge in [0.15, 0.2) is 0 Å². The van der Waals surface area contributed by atoms with Crippen molar-refractivity contribution in [3.8, 4) is 5.75 Å². The van der Waals surface area contributed by atoms with Gasteiger partial charge in [0, 0.05) is 18.5 Å². The van der Waals surface area contributed by atoms with Crippen molar-refractivity contribution in [1.29, 1.82) is 0 Å². The molecule has 2 rings (SSSR count). The van der Waals surface area contributed by atoms with E-state index < -0.39 is 0 Å². The van der Waals surface area contributed by atoms with E-state index in [1.54, 1.807) is 17.0 Å². The number of hydrogen-bond donors (Lipinski definition) is 2. The van der Waals surface area contributed by atoms with E-state index in [4.69, 9.17) is 0 Å². The Morgan fingerprint density at radius 1 is 1.09 bits per heavy atom. The molecule has 0 atom stereocenters.